The Kier molecular flexibility index (Phi) is 5.72. The predicted octanol–water partition coefficient (Wildman–Crippen LogP) is 3.18. The Morgan fingerprint density at radius 3 is 2.33 bits per heavy atom. The van der Waals surface area contributed by atoms with E-state index in [1.54, 1.807) is 24.3 Å². The van der Waals surface area contributed by atoms with Gasteiger partial charge in [-0.3, -0.25) is 4.79 Å². The summed E-state index contributed by atoms with van der Waals surface area (Å²) in [6, 6.07) is 14.1. The number of para-hydroxylation sites is 1. The van der Waals surface area contributed by atoms with E-state index in [4.69, 9.17) is 0 Å². The number of carbonyl (C=O) groups excluding carboxylic acids is 1. The molecule has 2 aromatic rings. The van der Waals surface area contributed by atoms with Gasteiger partial charge in [0.2, 0.25) is 5.91 Å². The van der Waals surface area contributed by atoms with Gasteiger partial charge in [-0.2, -0.15) is 0 Å². The summed E-state index contributed by atoms with van der Waals surface area (Å²) < 4.78 is 37.8. The molecule has 0 heterocycles. The highest BCUT2D eigenvalue weighted by atomic mass is 32.2. The van der Waals surface area contributed by atoms with Crippen molar-refractivity contribution in [2.24, 2.45) is 0 Å². The van der Waals surface area contributed by atoms with Crippen LogP contribution >= 0.6 is 0 Å². The number of anilines is 1. The fraction of sp³-hybridized carbons (Fsp3) is 0.278. The molecule has 0 radical (unpaired) electrons. The highest BCUT2D eigenvalue weighted by Gasteiger charge is 2.25. The van der Waals surface area contributed by atoms with E-state index in [9.17, 15) is 17.6 Å². The summed E-state index contributed by atoms with van der Waals surface area (Å²) in [5, 5.41) is 0. The first-order valence-electron chi connectivity index (χ1n) is 7.60. The lowest BCUT2D eigenvalue weighted by Crippen LogP contribution is -2.40. The SMILES string of the molecule is CC(C)N(C(=O)CS(=O)(=O)Cc1cccc(F)c1)c1ccccc1. The minimum Gasteiger partial charge on any atom is -0.309 e. The third kappa shape index (κ3) is 4.89. The molecule has 0 atom stereocenters. The van der Waals surface area contributed by atoms with Gasteiger partial charge in [-0.15, -0.1) is 0 Å². The van der Waals surface area contributed by atoms with Crippen LogP contribution in [0.15, 0.2) is 54.6 Å². The van der Waals surface area contributed by atoms with E-state index in [0.717, 1.165) is 0 Å². The summed E-state index contributed by atoms with van der Waals surface area (Å²) in [7, 11) is -3.70. The van der Waals surface area contributed by atoms with Crippen LogP contribution in [0.4, 0.5) is 10.1 Å². The van der Waals surface area contributed by atoms with E-state index in [-0.39, 0.29) is 11.8 Å². The number of benzene rings is 2. The van der Waals surface area contributed by atoms with Gasteiger partial charge in [-0.1, -0.05) is 30.3 Å². The molecule has 6 heteroatoms. The van der Waals surface area contributed by atoms with Gasteiger partial charge < -0.3 is 4.90 Å². The van der Waals surface area contributed by atoms with Gasteiger partial charge in [-0.05, 0) is 43.7 Å². The Labute approximate surface area is 141 Å². The lowest BCUT2D eigenvalue weighted by molar-refractivity contribution is -0.116. The van der Waals surface area contributed by atoms with Crippen LogP contribution in [0, 0.1) is 5.82 Å². The molecule has 0 N–H and O–H groups in total. The van der Waals surface area contributed by atoms with Gasteiger partial charge in [-0.25, -0.2) is 12.8 Å². The van der Waals surface area contributed by atoms with Crippen LogP contribution in [-0.2, 0) is 20.4 Å². The van der Waals surface area contributed by atoms with Crippen LogP contribution in [0.2, 0.25) is 0 Å². The van der Waals surface area contributed by atoms with E-state index in [0.29, 0.717) is 11.3 Å². The Balaban J connectivity index is 2.16. The molecular weight excluding hydrogens is 329 g/mol. The fourth-order valence-electron chi connectivity index (χ4n) is 2.51. The molecule has 0 aliphatic carbocycles. The lowest BCUT2D eigenvalue weighted by atomic mass is 10.2. The molecule has 4 nitrogen and oxygen atoms in total. The minimum absolute atomic E-state index is 0.177. The molecule has 0 saturated carbocycles. The van der Waals surface area contributed by atoms with Crippen molar-refractivity contribution in [3.8, 4) is 0 Å². The van der Waals surface area contributed by atoms with E-state index < -0.39 is 27.3 Å². The van der Waals surface area contributed by atoms with Crippen LogP contribution in [0.3, 0.4) is 0 Å². The predicted molar refractivity (Wildman–Crippen MR) is 93.0 cm³/mol. The van der Waals surface area contributed by atoms with Crippen LogP contribution in [-0.4, -0.2) is 26.1 Å². The average Bonchev–Trinajstić information content (AvgIpc) is 2.46. The number of sulfone groups is 1. The molecule has 0 spiro atoms. The van der Waals surface area contributed by atoms with Gasteiger partial charge in [0.1, 0.15) is 11.6 Å². The second kappa shape index (κ2) is 7.57. The van der Waals surface area contributed by atoms with Crippen LogP contribution in [0.5, 0.6) is 0 Å². The Morgan fingerprint density at radius 2 is 1.75 bits per heavy atom. The standard InChI is InChI=1S/C18H20FNO3S/c1-14(2)20(17-9-4-3-5-10-17)18(21)13-24(22,23)12-15-7-6-8-16(19)11-15/h3-11,14H,12-13H2,1-2H3. The van der Waals surface area contributed by atoms with Crippen molar-refractivity contribution in [1.82, 2.24) is 0 Å². The molecule has 0 aromatic heterocycles. The van der Waals surface area contributed by atoms with Crippen molar-refractivity contribution in [2.75, 3.05) is 10.7 Å². The number of halogens is 1. The molecule has 0 saturated heterocycles. The first-order chi connectivity index (χ1) is 11.3. The molecule has 0 aliphatic rings. The summed E-state index contributed by atoms with van der Waals surface area (Å²) in [5.74, 6) is -1.97. The molecule has 24 heavy (non-hydrogen) atoms. The van der Waals surface area contributed by atoms with Gasteiger partial charge in [0.05, 0.1) is 5.75 Å². The molecule has 0 aliphatic heterocycles. The maximum absolute atomic E-state index is 13.2. The van der Waals surface area contributed by atoms with Gasteiger partial charge in [0.25, 0.3) is 0 Å². The highest BCUT2D eigenvalue weighted by molar-refractivity contribution is 7.91. The molecule has 0 bridgehead atoms. The first kappa shape index (κ1) is 18.1. The van der Waals surface area contributed by atoms with Gasteiger partial charge in [0.15, 0.2) is 9.84 Å². The van der Waals surface area contributed by atoms with Gasteiger partial charge in [0, 0.05) is 11.7 Å². The van der Waals surface area contributed by atoms with Gasteiger partial charge >= 0.3 is 0 Å². The number of carbonyl (C=O) groups is 1. The average molecular weight is 349 g/mol. The van der Waals surface area contributed by atoms with Crippen molar-refractivity contribution in [3.05, 3.63) is 66.0 Å². The number of rotatable bonds is 6. The van der Waals surface area contributed by atoms with Crippen LogP contribution in [0.25, 0.3) is 0 Å². The number of hydrogen-bond acceptors (Lipinski definition) is 3. The van der Waals surface area contributed by atoms with Crippen LogP contribution in [0.1, 0.15) is 19.4 Å². The minimum atomic E-state index is -3.70. The third-order valence-corrected chi connectivity index (χ3v) is 4.90. The summed E-state index contributed by atoms with van der Waals surface area (Å²) in [6.07, 6.45) is 0. The molecule has 2 rings (SSSR count). The normalized spacial score (nSPS) is 11.5. The van der Waals surface area contributed by atoms with Crippen LogP contribution < -0.4 is 4.90 Å². The maximum Gasteiger partial charge on any atom is 0.242 e. The summed E-state index contributed by atoms with van der Waals surface area (Å²) >= 11 is 0. The van der Waals surface area contributed by atoms with Crippen molar-refractivity contribution >= 4 is 21.4 Å². The van der Waals surface area contributed by atoms with E-state index in [2.05, 4.69) is 0 Å². The number of amides is 1. The molecular formula is C18H20FNO3S. The second-order valence-corrected chi connectivity index (χ2v) is 7.92. The zero-order valence-electron chi connectivity index (χ0n) is 13.6. The summed E-state index contributed by atoms with van der Waals surface area (Å²) in [6.45, 7) is 3.65. The zero-order chi connectivity index (χ0) is 17.7. The number of hydrogen-bond donors (Lipinski definition) is 0. The lowest BCUT2D eigenvalue weighted by Gasteiger charge is -2.26. The van der Waals surface area contributed by atoms with Crippen molar-refractivity contribution in [2.45, 2.75) is 25.6 Å². The smallest absolute Gasteiger partial charge is 0.242 e. The number of nitrogens with zero attached hydrogens (tertiary/aromatic N) is 1. The summed E-state index contributed by atoms with van der Waals surface area (Å²) in [5.41, 5.74) is 0.983. The molecule has 128 valence electrons. The van der Waals surface area contributed by atoms with E-state index in [1.807, 2.05) is 19.9 Å². The van der Waals surface area contributed by atoms with E-state index in [1.165, 1.54) is 29.2 Å². The first-order valence-corrected chi connectivity index (χ1v) is 9.42. The van der Waals surface area contributed by atoms with Crippen molar-refractivity contribution in [1.29, 1.82) is 0 Å². The fourth-order valence-corrected chi connectivity index (χ4v) is 3.81. The summed E-state index contributed by atoms with van der Waals surface area (Å²) in [4.78, 5) is 14.0. The zero-order valence-corrected chi connectivity index (χ0v) is 14.5. The molecule has 1 amide bonds. The van der Waals surface area contributed by atoms with Crippen molar-refractivity contribution < 1.29 is 17.6 Å². The Bertz CT molecular complexity index is 804. The van der Waals surface area contributed by atoms with Crippen molar-refractivity contribution in [3.63, 3.8) is 0 Å². The quantitative estimate of drug-likeness (QED) is 0.805. The molecule has 2 aromatic carbocycles. The Hall–Kier alpha value is -2.21. The molecule has 0 unspecified atom stereocenters. The topological polar surface area (TPSA) is 54.5 Å². The third-order valence-electron chi connectivity index (χ3n) is 3.44. The largest absolute Gasteiger partial charge is 0.309 e. The molecule has 0 fully saturated rings. The second-order valence-electron chi connectivity index (χ2n) is 5.86. The Morgan fingerprint density at radius 1 is 1.08 bits per heavy atom. The highest BCUT2D eigenvalue weighted by Crippen LogP contribution is 2.18. The van der Waals surface area contributed by atoms with E-state index >= 15 is 0 Å². The maximum atomic E-state index is 13.2. The monoisotopic (exact) mass is 349 g/mol.